The smallest absolute Gasteiger partial charge is 0.160 e. The highest BCUT2D eigenvalue weighted by atomic mass is 16.1. The Balaban J connectivity index is -0.000000321. The van der Waals surface area contributed by atoms with Gasteiger partial charge in [0.15, 0.2) is 11.6 Å². The molecule has 0 N–H and O–H groups in total. The fourth-order valence-corrected chi connectivity index (χ4v) is 1.45. The van der Waals surface area contributed by atoms with E-state index in [-0.39, 0.29) is 23.1 Å². The Bertz CT molecular complexity index is 469. The van der Waals surface area contributed by atoms with Crippen LogP contribution in [0.2, 0.25) is 0 Å². The fraction of sp³-hybridized carbons (Fsp3) is 0.500. The van der Waals surface area contributed by atoms with Gasteiger partial charge in [-0.05, 0) is 27.7 Å². The molecule has 24 heavy (non-hydrogen) atoms. The van der Waals surface area contributed by atoms with E-state index in [0.717, 1.165) is 0 Å². The van der Waals surface area contributed by atoms with Crippen molar-refractivity contribution in [3.63, 3.8) is 0 Å². The van der Waals surface area contributed by atoms with Crippen LogP contribution in [-0.4, -0.2) is 23.1 Å². The minimum absolute atomic E-state index is 0.0687. The van der Waals surface area contributed by atoms with E-state index in [1.165, 1.54) is 27.7 Å². The molecule has 0 aliphatic carbocycles. The Morgan fingerprint density at radius 1 is 0.625 bits per heavy atom. The minimum Gasteiger partial charge on any atom is -0.300 e. The number of ketones is 4. The molecule has 0 radical (unpaired) electrons. The van der Waals surface area contributed by atoms with Gasteiger partial charge in [-0.15, -0.1) is 0 Å². The molecule has 0 saturated heterocycles. The first kappa shape index (κ1) is 26.8. The molecule has 0 spiro atoms. The number of carbonyl (C=O) groups is 4. The average molecular weight is 336 g/mol. The van der Waals surface area contributed by atoms with Crippen LogP contribution in [0.3, 0.4) is 0 Å². The van der Waals surface area contributed by atoms with Crippen molar-refractivity contribution in [1.29, 1.82) is 0 Å². The first-order valence-corrected chi connectivity index (χ1v) is 8.35. The van der Waals surface area contributed by atoms with Crippen LogP contribution in [0.15, 0.2) is 24.3 Å². The highest BCUT2D eigenvalue weighted by Crippen LogP contribution is 2.09. The second-order valence-corrected chi connectivity index (χ2v) is 4.56. The summed E-state index contributed by atoms with van der Waals surface area (Å²) in [6, 6.07) is 6.84. The summed E-state index contributed by atoms with van der Waals surface area (Å²) in [7, 11) is 0. The highest BCUT2D eigenvalue weighted by molar-refractivity contribution is 6.07. The summed E-state index contributed by atoms with van der Waals surface area (Å²) < 4.78 is 0. The molecule has 0 unspecified atom stereocenters. The van der Waals surface area contributed by atoms with Crippen molar-refractivity contribution in [2.75, 3.05) is 0 Å². The van der Waals surface area contributed by atoms with Crippen molar-refractivity contribution in [2.24, 2.45) is 0 Å². The minimum atomic E-state index is -0.0687. The second-order valence-electron chi connectivity index (χ2n) is 4.56. The molecule has 1 aromatic rings. The maximum atomic E-state index is 11.0. The highest BCUT2D eigenvalue weighted by Gasteiger charge is 2.08. The first-order chi connectivity index (χ1) is 11.3. The number of hydrogen-bond acceptors (Lipinski definition) is 4. The van der Waals surface area contributed by atoms with Gasteiger partial charge in [0.1, 0.15) is 11.6 Å². The lowest BCUT2D eigenvalue weighted by Gasteiger charge is -2.00. The summed E-state index contributed by atoms with van der Waals surface area (Å²) in [4.78, 5) is 42.4. The number of rotatable bonds is 5. The van der Waals surface area contributed by atoms with Crippen LogP contribution in [0, 0.1) is 0 Å². The monoisotopic (exact) mass is 336 g/mol. The molecular weight excluding hydrogens is 304 g/mol. The Hall–Kier alpha value is -2.10. The standard InChI is InChI=1S/C10H10O2.C6H10O2.2C2H6/c1-7(11)9-5-3-4-6-10(9)8(2)12;1-5(7)3-4-6(2)8;2*1-2/h3-6H,1-2H3;3-4H2,1-2H3;2*1-2H3. The molecule has 1 rings (SSSR count). The van der Waals surface area contributed by atoms with Gasteiger partial charge >= 0.3 is 0 Å². The van der Waals surface area contributed by atoms with Crippen LogP contribution >= 0.6 is 0 Å². The quantitative estimate of drug-likeness (QED) is 0.702. The third-order valence-corrected chi connectivity index (χ3v) is 2.51. The van der Waals surface area contributed by atoms with E-state index < -0.39 is 0 Å². The normalized spacial score (nSPS) is 8.17. The Morgan fingerprint density at radius 3 is 1.04 bits per heavy atom. The van der Waals surface area contributed by atoms with Crippen LogP contribution in [0.1, 0.15) is 88.9 Å². The molecule has 0 bridgehead atoms. The van der Waals surface area contributed by atoms with Gasteiger partial charge in [-0.2, -0.15) is 0 Å². The molecule has 0 heterocycles. The SMILES string of the molecule is CC.CC.CC(=O)CCC(C)=O.CC(=O)c1ccccc1C(C)=O. The predicted octanol–water partition coefficient (Wildman–Crippen LogP) is 5.09. The zero-order chi connectivity index (χ0) is 19.7. The Kier molecular flexibility index (Phi) is 19.3. The molecule has 1 aromatic carbocycles. The summed E-state index contributed by atoms with van der Waals surface area (Å²) in [6.45, 7) is 13.9. The maximum Gasteiger partial charge on any atom is 0.160 e. The predicted molar refractivity (Wildman–Crippen MR) is 99.7 cm³/mol. The largest absolute Gasteiger partial charge is 0.300 e. The third-order valence-electron chi connectivity index (χ3n) is 2.51. The molecule has 4 nitrogen and oxygen atoms in total. The van der Waals surface area contributed by atoms with Crippen LogP contribution < -0.4 is 0 Å². The zero-order valence-corrected chi connectivity index (χ0v) is 16.4. The van der Waals surface area contributed by atoms with E-state index in [1.807, 2.05) is 27.7 Å². The van der Waals surface area contributed by atoms with Crippen molar-refractivity contribution in [3.8, 4) is 0 Å². The summed E-state index contributed by atoms with van der Waals surface area (Å²) >= 11 is 0. The van der Waals surface area contributed by atoms with E-state index in [4.69, 9.17) is 0 Å². The molecular formula is C20H32O4. The number of Topliss-reactive ketones (excluding diaryl/α,β-unsaturated/α-hetero) is 4. The maximum absolute atomic E-state index is 11.0. The lowest BCUT2D eigenvalue weighted by atomic mass is 10.0. The topological polar surface area (TPSA) is 68.3 Å². The van der Waals surface area contributed by atoms with Crippen molar-refractivity contribution in [3.05, 3.63) is 35.4 Å². The fourth-order valence-electron chi connectivity index (χ4n) is 1.45. The number of hydrogen-bond donors (Lipinski definition) is 0. The molecule has 4 heteroatoms. The zero-order valence-electron chi connectivity index (χ0n) is 16.4. The molecule has 0 fully saturated rings. The first-order valence-electron chi connectivity index (χ1n) is 8.35. The molecule has 0 saturated carbocycles. The van der Waals surface area contributed by atoms with Gasteiger partial charge in [0, 0.05) is 24.0 Å². The lowest BCUT2D eigenvalue weighted by Crippen LogP contribution is -2.02. The van der Waals surface area contributed by atoms with Gasteiger partial charge < -0.3 is 9.59 Å². The van der Waals surface area contributed by atoms with Crippen molar-refractivity contribution in [2.45, 2.75) is 68.2 Å². The average Bonchev–Trinajstić information content (AvgIpc) is 2.57. The number of carbonyl (C=O) groups excluding carboxylic acids is 4. The summed E-state index contributed by atoms with van der Waals surface area (Å²) in [5, 5.41) is 0. The van der Waals surface area contributed by atoms with Crippen molar-refractivity contribution in [1.82, 2.24) is 0 Å². The van der Waals surface area contributed by atoms with Crippen LogP contribution in [0.25, 0.3) is 0 Å². The number of benzene rings is 1. The van der Waals surface area contributed by atoms with E-state index in [0.29, 0.717) is 24.0 Å². The molecule has 0 aromatic heterocycles. The van der Waals surface area contributed by atoms with Gasteiger partial charge in [-0.1, -0.05) is 52.0 Å². The van der Waals surface area contributed by atoms with Gasteiger partial charge in [-0.25, -0.2) is 0 Å². The van der Waals surface area contributed by atoms with Crippen LogP contribution in [0.5, 0.6) is 0 Å². The van der Waals surface area contributed by atoms with E-state index in [1.54, 1.807) is 24.3 Å². The van der Waals surface area contributed by atoms with Crippen molar-refractivity contribution >= 4 is 23.1 Å². The van der Waals surface area contributed by atoms with Crippen LogP contribution in [-0.2, 0) is 9.59 Å². The molecule has 136 valence electrons. The van der Waals surface area contributed by atoms with E-state index >= 15 is 0 Å². The Morgan fingerprint density at radius 2 is 0.875 bits per heavy atom. The van der Waals surface area contributed by atoms with Crippen LogP contribution in [0.4, 0.5) is 0 Å². The molecule has 0 aliphatic rings. The van der Waals surface area contributed by atoms with Gasteiger partial charge in [0.25, 0.3) is 0 Å². The van der Waals surface area contributed by atoms with Crippen molar-refractivity contribution < 1.29 is 19.2 Å². The van der Waals surface area contributed by atoms with Gasteiger partial charge in [0.2, 0.25) is 0 Å². The second kappa shape index (κ2) is 17.3. The van der Waals surface area contributed by atoms with E-state index in [2.05, 4.69) is 0 Å². The van der Waals surface area contributed by atoms with E-state index in [9.17, 15) is 19.2 Å². The summed E-state index contributed by atoms with van der Waals surface area (Å²) in [5.74, 6) is 0.0296. The molecule has 0 atom stereocenters. The summed E-state index contributed by atoms with van der Waals surface area (Å²) in [6.07, 6.45) is 0.796. The van der Waals surface area contributed by atoms with Gasteiger partial charge in [-0.3, -0.25) is 9.59 Å². The molecule has 0 amide bonds. The van der Waals surface area contributed by atoms with Gasteiger partial charge in [0.05, 0.1) is 0 Å². The summed E-state index contributed by atoms with van der Waals surface area (Å²) in [5.41, 5.74) is 1.01. The molecule has 0 aliphatic heterocycles. The lowest BCUT2D eigenvalue weighted by molar-refractivity contribution is -0.122. The third kappa shape index (κ3) is 14.8. The Labute approximate surface area is 146 Å².